The normalized spacial score (nSPS) is 32.2. The highest BCUT2D eigenvalue weighted by atomic mass is 16.4. The van der Waals surface area contributed by atoms with Crippen LogP contribution in [-0.4, -0.2) is 33.5 Å². The van der Waals surface area contributed by atoms with Crippen LogP contribution in [-0.2, 0) is 4.79 Å². The van der Waals surface area contributed by atoms with Gasteiger partial charge < -0.3 is 15.3 Å². The number of hydrogen-bond donors (Lipinski definition) is 3. The zero-order chi connectivity index (χ0) is 16.1. The molecular weight excluding hydrogens is 280 g/mol. The number of unbranched alkanes of at least 4 members (excludes halogenated alkanes) is 1. The fourth-order valence-corrected chi connectivity index (χ4v) is 3.89. The van der Waals surface area contributed by atoms with Crippen LogP contribution in [0, 0.1) is 17.8 Å². The maximum Gasteiger partial charge on any atom is 0.305 e. The average molecular weight is 308 g/mol. The lowest BCUT2D eigenvalue weighted by Crippen LogP contribution is -2.30. The van der Waals surface area contributed by atoms with Gasteiger partial charge in [0.2, 0.25) is 0 Å². The van der Waals surface area contributed by atoms with E-state index in [9.17, 15) is 15.0 Å². The first-order chi connectivity index (χ1) is 10.5. The summed E-state index contributed by atoms with van der Waals surface area (Å²) in [7, 11) is 0. The standard InChI is InChI=1S/C18H28O4/c1-12-6-7-13-10-15(20)8-9-17(13)16(12)5-3-2-4-14(19)11-18(21)22/h6-7,10,12,14-17,19-20H,2-5,8-9,11H2,1H3,(H,21,22)/t12?,14?,15?,16?,17-/m0/s1. The van der Waals surface area contributed by atoms with Gasteiger partial charge in [0, 0.05) is 0 Å². The molecule has 4 unspecified atom stereocenters. The van der Waals surface area contributed by atoms with Gasteiger partial charge in [0.25, 0.3) is 0 Å². The molecule has 0 aliphatic heterocycles. The van der Waals surface area contributed by atoms with Gasteiger partial charge in [0.1, 0.15) is 0 Å². The number of carboxylic acids is 1. The summed E-state index contributed by atoms with van der Waals surface area (Å²) >= 11 is 0. The van der Waals surface area contributed by atoms with E-state index < -0.39 is 12.1 Å². The van der Waals surface area contributed by atoms with Gasteiger partial charge >= 0.3 is 5.97 Å². The largest absolute Gasteiger partial charge is 0.481 e. The van der Waals surface area contributed by atoms with Crippen molar-refractivity contribution in [2.24, 2.45) is 17.8 Å². The van der Waals surface area contributed by atoms with Crippen molar-refractivity contribution in [1.82, 2.24) is 0 Å². The predicted molar refractivity (Wildman–Crippen MR) is 85.3 cm³/mol. The Morgan fingerprint density at radius 2 is 2.14 bits per heavy atom. The first-order valence-electron chi connectivity index (χ1n) is 8.45. The van der Waals surface area contributed by atoms with Gasteiger partial charge in [-0.05, 0) is 49.0 Å². The Bertz CT molecular complexity index is 440. The summed E-state index contributed by atoms with van der Waals surface area (Å²) in [6.07, 6.45) is 10.7. The Hall–Kier alpha value is -1.13. The second-order valence-electron chi connectivity index (χ2n) is 6.84. The number of fused-ring (bicyclic) bond motifs is 1. The van der Waals surface area contributed by atoms with E-state index in [2.05, 4.69) is 19.1 Å². The number of rotatable bonds is 7. The SMILES string of the molecule is CC1C=CC2=CC(O)CC[C@@H]2C1CCCCC(O)CC(=O)O. The average Bonchev–Trinajstić information content (AvgIpc) is 2.44. The first-order valence-corrected chi connectivity index (χ1v) is 8.45. The van der Waals surface area contributed by atoms with E-state index in [4.69, 9.17) is 5.11 Å². The van der Waals surface area contributed by atoms with E-state index in [0.29, 0.717) is 24.2 Å². The Morgan fingerprint density at radius 1 is 1.36 bits per heavy atom. The Balaban J connectivity index is 1.80. The molecule has 2 aliphatic rings. The number of carbonyl (C=O) groups is 1. The zero-order valence-corrected chi connectivity index (χ0v) is 13.3. The molecule has 0 spiro atoms. The van der Waals surface area contributed by atoms with Crippen molar-refractivity contribution in [3.05, 3.63) is 23.8 Å². The van der Waals surface area contributed by atoms with Crippen LogP contribution in [0.5, 0.6) is 0 Å². The molecule has 22 heavy (non-hydrogen) atoms. The van der Waals surface area contributed by atoms with E-state index in [-0.39, 0.29) is 12.5 Å². The highest BCUT2D eigenvalue weighted by Gasteiger charge is 2.33. The molecule has 0 saturated heterocycles. The van der Waals surface area contributed by atoms with Gasteiger partial charge in [-0.1, -0.05) is 38.0 Å². The van der Waals surface area contributed by atoms with Crippen LogP contribution in [0.25, 0.3) is 0 Å². The quantitative estimate of drug-likeness (QED) is 0.632. The van der Waals surface area contributed by atoms with Crippen molar-refractivity contribution in [1.29, 1.82) is 0 Å². The molecule has 4 heteroatoms. The number of carboxylic acid groups (broad SMARTS) is 1. The lowest BCUT2D eigenvalue weighted by atomic mass is 9.67. The molecule has 0 aromatic rings. The Kier molecular flexibility index (Phi) is 6.21. The molecular formula is C18H28O4. The molecule has 5 atom stereocenters. The number of aliphatic carboxylic acids is 1. The number of hydrogen-bond acceptors (Lipinski definition) is 3. The molecule has 0 heterocycles. The Labute approximate surface area is 132 Å². The van der Waals surface area contributed by atoms with E-state index in [0.717, 1.165) is 32.1 Å². The van der Waals surface area contributed by atoms with Crippen molar-refractivity contribution in [3.8, 4) is 0 Å². The molecule has 4 nitrogen and oxygen atoms in total. The maximum atomic E-state index is 10.5. The van der Waals surface area contributed by atoms with Crippen LogP contribution in [0.2, 0.25) is 0 Å². The monoisotopic (exact) mass is 308 g/mol. The van der Waals surface area contributed by atoms with Crippen molar-refractivity contribution in [3.63, 3.8) is 0 Å². The summed E-state index contributed by atoms with van der Waals surface area (Å²) < 4.78 is 0. The van der Waals surface area contributed by atoms with E-state index in [1.54, 1.807) is 0 Å². The summed E-state index contributed by atoms with van der Waals surface area (Å²) in [4.78, 5) is 10.5. The van der Waals surface area contributed by atoms with Gasteiger partial charge in [-0.3, -0.25) is 4.79 Å². The highest BCUT2D eigenvalue weighted by molar-refractivity contribution is 5.67. The minimum Gasteiger partial charge on any atom is -0.481 e. The lowest BCUT2D eigenvalue weighted by Gasteiger charge is -2.38. The first kappa shape index (κ1) is 17.2. The fraction of sp³-hybridized carbons (Fsp3) is 0.722. The van der Waals surface area contributed by atoms with Gasteiger partial charge in [-0.25, -0.2) is 0 Å². The fourth-order valence-electron chi connectivity index (χ4n) is 3.89. The topological polar surface area (TPSA) is 77.8 Å². The minimum atomic E-state index is -0.936. The molecule has 124 valence electrons. The third-order valence-electron chi connectivity index (χ3n) is 5.11. The molecule has 0 fully saturated rings. The van der Waals surface area contributed by atoms with Crippen LogP contribution in [0.15, 0.2) is 23.8 Å². The molecule has 0 amide bonds. The molecule has 2 aliphatic carbocycles. The van der Waals surface area contributed by atoms with E-state index >= 15 is 0 Å². The molecule has 3 N–H and O–H groups in total. The minimum absolute atomic E-state index is 0.157. The number of aliphatic hydroxyl groups is 2. The van der Waals surface area contributed by atoms with Crippen LogP contribution < -0.4 is 0 Å². The van der Waals surface area contributed by atoms with Crippen LogP contribution in [0.3, 0.4) is 0 Å². The third kappa shape index (κ3) is 4.68. The smallest absolute Gasteiger partial charge is 0.305 e. The molecule has 0 aromatic carbocycles. The Morgan fingerprint density at radius 3 is 2.86 bits per heavy atom. The zero-order valence-electron chi connectivity index (χ0n) is 13.3. The predicted octanol–water partition coefficient (Wildman–Crippen LogP) is 2.90. The van der Waals surface area contributed by atoms with Crippen LogP contribution in [0.1, 0.15) is 51.9 Å². The van der Waals surface area contributed by atoms with Crippen molar-refractivity contribution >= 4 is 5.97 Å². The second-order valence-corrected chi connectivity index (χ2v) is 6.84. The highest BCUT2D eigenvalue weighted by Crippen LogP contribution is 2.42. The summed E-state index contributed by atoms with van der Waals surface area (Å²) in [5.74, 6) is 0.753. The summed E-state index contributed by atoms with van der Waals surface area (Å²) in [6, 6.07) is 0. The summed E-state index contributed by atoms with van der Waals surface area (Å²) in [5, 5.41) is 28.0. The summed E-state index contributed by atoms with van der Waals surface area (Å²) in [6.45, 7) is 2.25. The van der Waals surface area contributed by atoms with E-state index in [1.807, 2.05) is 6.08 Å². The van der Waals surface area contributed by atoms with Gasteiger partial charge in [-0.15, -0.1) is 0 Å². The van der Waals surface area contributed by atoms with Crippen molar-refractivity contribution < 1.29 is 20.1 Å². The van der Waals surface area contributed by atoms with E-state index in [1.165, 1.54) is 5.57 Å². The summed E-state index contributed by atoms with van der Waals surface area (Å²) in [5.41, 5.74) is 1.28. The number of aliphatic hydroxyl groups excluding tert-OH is 2. The van der Waals surface area contributed by atoms with Crippen LogP contribution in [0.4, 0.5) is 0 Å². The second kappa shape index (κ2) is 7.93. The van der Waals surface area contributed by atoms with Gasteiger partial charge in [0.05, 0.1) is 18.6 Å². The maximum absolute atomic E-state index is 10.5. The van der Waals surface area contributed by atoms with Gasteiger partial charge in [0.15, 0.2) is 0 Å². The molecule has 0 aromatic heterocycles. The van der Waals surface area contributed by atoms with Crippen LogP contribution >= 0.6 is 0 Å². The van der Waals surface area contributed by atoms with Crippen molar-refractivity contribution in [2.45, 2.75) is 64.1 Å². The molecule has 0 saturated carbocycles. The number of allylic oxidation sites excluding steroid dienone is 3. The lowest BCUT2D eigenvalue weighted by molar-refractivity contribution is -0.139. The van der Waals surface area contributed by atoms with Gasteiger partial charge in [-0.2, -0.15) is 0 Å². The molecule has 0 bridgehead atoms. The van der Waals surface area contributed by atoms with Crippen molar-refractivity contribution in [2.75, 3.05) is 0 Å². The third-order valence-corrected chi connectivity index (χ3v) is 5.11. The molecule has 2 rings (SSSR count). The molecule has 0 radical (unpaired) electrons.